The number of hydrogen-bond acceptors (Lipinski definition) is 6. The standard InChI is InChI=1S/C12H11BrN6O3/c1-8(6-18-7-14-12(17-18)19(21)22)15-16-11(20)9-2-4-10(13)5-3-9/h2-5,7H,6H2,1H3,(H,16,20)/b15-8-. The van der Waals surface area contributed by atoms with E-state index in [0.29, 0.717) is 11.3 Å². The normalized spacial score (nSPS) is 11.3. The van der Waals surface area contributed by atoms with E-state index in [2.05, 4.69) is 36.5 Å². The van der Waals surface area contributed by atoms with Crippen molar-refractivity contribution in [3.8, 4) is 0 Å². The molecule has 0 aliphatic carbocycles. The lowest BCUT2D eigenvalue weighted by Gasteiger charge is -2.02. The van der Waals surface area contributed by atoms with Crippen molar-refractivity contribution in [3.05, 3.63) is 50.7 Å². The number of rotatable bonds is 5. The van der Waals surface area contributed by atoms with Gasteiger partial charge in [0.2, 0.25) is 6.33 Å². The van der Waals surface area contributed by atoms with Crippen molar-refractivity contribution >= 4 is 33.5 Å². The van der Waals surface area contributed by atoms with Crippen molar-refractivity contribution in [2.24, 2.45) is 5.10 Å². The summed E-state index contributed by atoms with van der Waals surface area (Å²) in [4.78, 5) is 25.2. The summed E-state index contributed by atoms with van der Waals surface area (Å²) in [6, 6.07) is 6.82. The number of aromatic nitrogens is 3. The number of benzene rings is 1. The van der Waals surface area contributed by atoms with E-state index < -0.39 is 10.9 Å². The highest BCUT2D eigenvalue weighted by Gasteiger charge is 2.13. The van der Waals surface area contributed by atoms with Crippen LogP contribution in [0.15, 0.2) is 40.2 Å². The Kier molecular flexibility index (Phi) is 4.94. The van der Waals surface area contributed by atoms with Crippen LogP contribution in [0.4, 0.5) is 5.95 Å². The Balaban J connectivity index is 1.95. The number of nitro groups is 1. The van der Waals surface area contributed by atoms with Gasteiger partial charge in [-0.15, -0.1) is 0 Å². The molecule has 9 nitrogen and oxygen atoms in total. The van der Waals surface area contributed by atoms with Gasteiger partial charge in [-0.25, -0.2) is 5.43 Å². The predicted molar refractivity (Wildman–Crippen MR) is 81.4 cm³/mol. The molecule has 2 rings (SSSR count). The van der Waals surface area contributed by atoms with Gasteiger partial charge in [0.1, 0.15) is 0 Å². The van der Waals surface area contributed by atoms with Gasteiger partial charge in [0, 0.05) is 15.1 Å². The van der Waals surface area contributed by atoms with E-state index in [1.165, 1.54) is 11.0 Å². The third-order valence-corrected chi connectivity index (χ3v) is 3.06. The number of halogens is 1. The Bertz CT molecular complexity index is 725. The van der Waals surface area contributed by atoms with E-state index in [1.807, 2.05) is 0 Å². The van der Waals surface area contributed by atoms with Gasteiger partial charge in [-0.1, -0.05) is 20.9 Å². The van der Waals surface area contributed by atoms with E-state index in [4.69, 9.17) is 0 Å². The van der Waals surface area contributed by atoms with E-state index in [0.717, 1.165) is 4.47 Å². The van der Waals surface area contributed by atoms with Crippen LogP contribution in [0.25, 0.3) is 0 Å². The van der Waals surface area contributed by atoms with Crippen LogP contribution in [0.2, 0.25) is 0 Å². The summed E-state index contributed by atoms with van der Waals surface area (Å²) in [6.07, 6.45) is 1.23. The lowest BCUT2D eigenvalue weighted by molar-refractivity contribution is -0.394. The fraction of sp³-hybridized carbons (Fsp3) is 0.167. The molecule has 0 bridgehead atoms. The molecule has 0 saturated carbocycles. The van der Waals surface area contributed by atoms with Crippen LogP contribution >= 0.6 is 15.9 Å². The highest BCUT2D eigenvalue weighted by molar-refractivity contribution is 9.10. The SMILES string of the molecule is C/C(Cn1cnc([N+](=O)[O-])n1)=N/NC(=O)c1ccc(Br)cc1. The van der Waals surface area contributed by atoms with E-state index in [9.17, 15) is 14.9 Å². The van der Waals surface area contributed by atoms with Crippen molar-refractivity contribution in [1.29, 1.82) is 0 Å². The van der Waals surface area contributed by atoms with Crippen LogP contribution < -0.4 is 5.43 Å². The van der Waals surface area contributed by atoms with Crippen LogP contribution in [0.1, 0.15) is 17.3 Å². The minimum Gasteiger partial charge on any atom is -0.390 e. The topological polar surface area (TPSA) is 115 Å². The molecule has 0 aliphatic rings. The van der Waals surface area contributed by atoms with Gasteiger partial charge in [-0.05, 0) is 36.1 Å². The molecule has 0 spiro atoms. The monoisotopic (exact) mass is 366 g/mol. The number of carbonyl (C=O) groups is 1. The summed E-state index contributed by atoms with van der Waals surface area (Å²) in [5.41, 5.74) is 3.39. The Morgan fingerprint density at radius 1 is 1.45 bits per heavy atom. The lowest BCUT2D eigenvalue weighted by atomic mass is 10.2. The molecular formula is C12H11BrN6O3. The number of nitrogens with one attached hydrogen (secondary N) is 1. The molecule has 0 atom stereocenters. The number of hydrogen-bond donors (Lipinski definition) is 1. The largest absolute Gasteiger partial charge is 0.490 e. The van der Waals surface area contributed by atoms with Gasteiger partial charge in [0.05, 0.1) is 12.3 Å². The van der Waals surface area contributed by atoms with Crippen molar-refractivity contribution in [2.45, 2.75) is 13.5 Å². The molecule has 0 saturated heterocycles. The number of nitrogens with zero attached hydrogens (tertiary/aromatic N) is 5. The molecule has 1 heterocycles. The average molecular weight is 367 g/mol. The molecule has 0 aliphatic heterocycles. The molecule has 114 valence electrons. The summed E-state index contributed by atoms with van der Waals surface area (Å²) in [5.74, 6) is -0.830. The summed E-state index contributed by atoms with van der Waals surface area (Å²) in [7, 11) is 0. The first-order valence-corrected chi connectivity index (χ1v) is 6.88. The van der Waals surface area contributed by atoms with Gasteiger partial charge in [-0.2, -0.15) is 9.78 Å². The first kappa shape index (κ1) is 15.8. The third kappa shape index (κ3) is 4.19. The zero-order chi connectivity index (χ0) is 16.1. The maximum Gasteiger partial charge on any atom is 0.490 e. The Morgan fingerprint density at radius 3 is 2.73 bits per heavy atom. The van der Waals surface area contributed by atoms with Gasteiger partial charge in [0.15, 0.2) is 0 Å². The second-order valence-corrected chi connectivity index (χ2v) is 5.21. The maximum absolute atomic E-state index is 11.8. The van der Waals surface area contributed by atoms with Gasteiger partial charge in [0.25, 0.3) is 5.91 Å². The van der Waals surface area contributed by atoms with Crippen LogP contribution in [-0.2, 0) is 6.54 Å². The molecule has 1 N–H and O–H groups in total. The van der Waals surface area contributed by atoms with Crippen molar-refractivity contribution in [1.82, 2.24) is 20.2 Å². The summed E-state index contributed by atoms with van der Waals surface area (Å²) < 4.78 is 2.14. The van der Waals surface area contributed by atoms with Crippen molar-refractivity contribution in [2.75, 3.05) is 0 Å². The van der Waals surface area contributed by atoms with E-state index in [1.54, 1.807) is 31.2 Å². The molecular weight excluding hydrogens is 356 g/mol. The average Bonchev–Trinajstić information content (AvgIpc) is 2.94. The molecule has 22 heavy (non-hydrogen) atoms. The van der Waals surface area contributed by atoms with E-state index >= 15 is 0 Å². The highest BCUT2D eigenvalue weighted by Crippen LogP contribution is 2.10. The van der Waals surface area contributed by atoms with Gasteiger partial charge >= 0.3 is 5.95 Å². The first-order chi connectivity index (χ1) is 10.5. The smallest absolute Gasteiger partial charge is 0.390 e. The Hall–Kier alpha value is -2.62. The van der Waals surface area contributed by atoms with Gasteiger partial charge in [-0.3, -0.25) is 4.79 Å². The highest BCUT2D eigenvalue weighted by atomic mass is 79.9. The van der Waals surface area contributed by atoms with Crippen molar-refractivity contribution < 1.29 is 9.72 Å². The third-order valence-electron chi connectivity index (χ3n) is 2.53. The lowest BCUT2D eigenvalue weighted by Crippen LogP contribution is -2.20. The van der Waals surface area contributed by atoms with E-state index in [-0.39, 0.29) is 12.5 Å². The quantitative estimate of drug-likeness (QED) is 0.491. The molecule has 0 unspecified atom stereocenters. The number of hydrazone groups is 1. The van der Waals surface area contributed by atoms with Crippen LogP contribution in [0.5, 0.6) is 0 Å². The molecule has 1 aromatic heterocycles. The number of amides is 1. The summed E-state index contributed by atoms with van der Waals surface area (Å²) in [6.45, 7) is 1.84. The Labute approximate surface area is 133 Å². The molecule has 0 fully saturated rings. The Morgan fingerprint density at radius 2 is 2.14 bits per heavy atom. The molecule has 1 aromatic carbocycles. The first-order valence-electron chi connectivity index (χ1n) is 6.08. The minimum atomic E-state index is -0.682. The predicted octanol–water partition coefficient (Wildman–Crippen LogP) is 1.75. The fourth-order valence-corrected chi connectivity index (χ4v) is 1.79. The minimum absolute atomic E-state index is 0.182. The summed E-state index contributed by atoms with van der Waals surface area (Å²) in [5, 5.41) is 18.0. The zero-order valence-electron chi connectivity index (χ0n) is 11.4. The second-order valence-electron chi connectivity index (χ2n) is 4.29. The fourth-order valence-electron chi connectivity index (χ4n) is 1.53. The number of carbonyl (C=O) groups excluding carboxylic acids is 1. The van der Waals surface area contributed by atoms with Crippen LogP contribution in [-0.4, -0.2) is 31.3 Å². The summed E-state index contributed by atoms with van der Waals surface area (Å²) >= 11 is 3.28. The van der Waals surface area contributed by atoms with Crippen LogP contribution in [0, 0.1) is 10.1 Å². The molecule has 0 radical (unpaired) electrons. The molecule has 1 amide bonds. The second kappa shape index (κ2) is 6.89. The zero-order valence-corrected chi connectivity index (χ0v) is 13.0. The van der Waals surface area contributed by atoms with Gasteiger partial charge < -0.3 is 10.1 Å². The maximum atomic E-state index is 11.8. The molecule has 10 heteroatoms. The molecule has 2 aromatic rings. The van der Waals surface area contributed by atoms with Crippen LogP contribution in [0.3, 0.4) is 0 Å². The van der Waals surface area contributed by atoms with Crippen molar-refractivity contribution in [3.63, 3.8) is 0 Å².